The molecule has 17 N–H and O–H groups in total. The molecule has 1 aromatic heterocycles. The molecule has 4 fully saturated rings. The van der Waals surface area contributed by atoms with Gasteiger partial charge in [-0.25, -0.2) is 9.25 Å². The van der Waals surface area contributed by atoms with Gasteiger partial charge < -0.3 is 150 Å². The Balaban J connectivity index is 0.836. The molecule has 8 rings (SSSR count). The Hall–Kier alpha value is -7.55. The second kappa shape index (κ2) is 61.1. The van der Waals surface area contributed by atoms with E-state index in [9.17, 15) is 93.8 Å². The van der Waals surface area contributed by atoms with Crippen molar-refractivity contribution < 1.29 is 155 Å². The summed E-state index contributed by atoms with van der Waals surface area (Å²) in [4.78, 5) is 118. The van der Waals surface area contributed by atoms with Gasteiger partial charge in [0.15, 0.2) is 18.9 Å². The Bertz CT molecular complexity index is 3860. The number of phosphoric ester groups is 1. The van der Waals surface area contributed by atoms with Gasteiger partial charge in [0.2, 0.25) is 47.3 Å². The molecule has 5 aliphatic heterocycles. The van der Waals surface area contributed by atoms with Crippen LogP contribution in [0.4, 0.5) is 5.69 Å². The van der Waals surface area contributed by atoms with Crippen molar-refractivity contribution in [3.8, 4) is 22.5 Å². The summed E-state index contributed by atoms with van der Waals surface area (Å²) in [5.41, 5.74) is 4.24. The quantitative estimate of drug-likeness (QED) is 0.0259. The van der Waals surface area contributed by atoms with Crippen molar-refractivity contribution in [2.45, 2.75) is 273 Å². The van der Waals surface area contributed by atoms with E-state index in [2.05, 4.69) is 76.1 Å². The summed E-state index contributed by atoms with van der Waals surface area (Å²) in [6.07, 6.45) is -3.40. The predicted octanol–water partition coefficient (Wildman–Crippen LogP) is -0.0964. The number of likely N-dealkylation sites (tertiary alicyclic amines) is 1. The first-order valence-corrected chi connectivity index (χ1v) is 48.8. The predicted molar refractivity (Wildman–Crippen MR) is 484 cm³/mol. The zero-order chi connectivity index (χ0) is 97.5. The maximum Gasteiger partial charge on any atom is 0.471 e. The number of amides is 8. The van der Waals surface area contributed by atoms with E-state index >= 15 is 0 Å². The zero-order valence-corrected chi connectivity index (χ0v) is 79.1. The van der Waals surface area contributed by atoms with E-state index in [1.807, 2.05) is 28.9 Å². The smallest absolute Gasteiger partial charge is 0.394 e. The van der Waals surface area contributed by atoms with Gasteiger partial charge in [0.1, 0.15) is 90.9 Å². The number of unbranched alkanes of at least 4 members (excludes halogenated alkanes) is 13. The van der Waals surface area contributed by atoms with Gasteiger partial charge in [-0.2, -0.15) is 0 Å². The van der Waals surface area contributed by atoms with Crippen LogP contribution >= 0.6 is 7.82 Å². The first-order chi connectivity index (χ1) is 65.1. The number of aliphatic hydroxyl groups excluding tert-OH is 9. The molecular formula is C90H147N12O32P. The van der Waals surface area contributed by atoms with E-state index in [1.54, 1.807) is 4.90 Å². The molecule has 16 unspecified atom stereocenters. The number of para-hydroxylation sites is 1. The average molecular weight is 1940 g/mol. The van der Waals surface area contributed by atoms with E-state index in [-0.39, 0.29) is 161 Å². The number of aliphatic hydroxyl groups is 9. The summed E-state index contributed by atoms with van der Waals surface area (Å²) in [5, 5.41) is 121. The standard InChI is InChI=1S/C90H147N12O32P/c1-60(106)94-76-83(116)80(113)68(53-103)132-87(76)128-42-22-11-6-18-35-91-71(109)32-46-125-57-90(58-126-47-33-72(110)92-36-19-7-12-23-43-129-88-77(95-61(2)107)84(117)81(114)69(54-104)133-88,59-127-48-34-73(111)93-37-20-8-13-24-44-130-89-78(96-62(3)108)85(118)82(115)70(55-105)134-89)97-86(119)63-30-39-100(40-31-63)74(112)56-124-51-50-123-49-41-102-79-65-27-15-14-26-64(65)52-101(67-29-17-16-28-66(67)75(79)98-99-102)38-21-9-5-10-25-45-131-135(120,121)122-4/h14-17,26-29,63,68-70,76-78,80-85,87-89,103-105,113-118H,5-13,18-25,30-59H2,1-4H3,(H,91,109)(H,92,110)(H,93,111)(H,94,106)(H,95,107)(H,96,108)(H,97,119)(H,120,121). The Morgan fingerprint density at radius 1 is 0.481 bits per heavy atom. The first kappa shape index (κ1) is 113. The molecule has 2 aromatic carbocycles. The van der Waals surface area contributed by atoms with Crippen LogP contribution in [0.1, 0.15) is 168 Å². The number of phosphoric acid groups is 1. The van der Waals surface area contributed by atoms with Crippen molar-refractivity contribution in [1.82, 2.24) is 57.1 Å². The summed E-state index contributed by atoms with van der Waals surface area (Å²) < 4.78 is 88.1. The molecule has 8 amide bonds. The monoisotopic (exact) mass is 1940 g/mol. The summed E-state index contributed by atoms with van der Waals surface area (Å²) in [6.45, 7) is 5.04. The molecule has 135 heavy (non-hydrogen) atoms. The third-order valence-corrected chi connectivity index (χ3v) is 24.9. The molecule has 16 atom stereocenters. The number of nitrogens with one attached hydrogen (secondary N) is 7. The van der Waals surface area contributed by atoms with Crippen LogP contribution in [-0.4, -0.2) is 374 Å². The minimum absolute atomic E-state index is 0.0905. The van der Waals surface area contributed by atoms with Crippen molar-refractivity contribution in [2.24, 2.45) is 5.92 Å². The number of carbonyl (C=O) groups is 8. The number of rotatable bonds is 65. The fourth-order valence-corrected chi connectivity index (χ4v) is 16.9. The lowest BCUT2D eigenvalue weighted by atomic mass is 9.93. The van der Waals surface area contributed by atoms with Gasteiger partial charge in [-0.05, 0) is 75.8 Å². The van der Waals surface area contributed by atoms with Crippen LogP contribution < -0.4 is 42.1 Å². The second-order valence-corrected chi connectivity index (χ2v) is 36.1. The molecule has 45 heteroatoms. The number of benzene rings is 2. The summed E-state index contributed by atoms with van der Waals surface area (Å²) in [6, 6.07) is 13.2. The molecule has 6 heterocycles. The van der Waals surface area contributed by atoms with Crippen molar-refractivity contribution in [3.63, 3.8) is 0 Å². The highest BCUT2D eigenvalue weighted by Crippen LogP contribution is 2.43. The number of nitrogens with zero attached hydrogens (tertiary/aromatic N) is 5. The average Bonchev–Trinajstić information content (AvgIpc) is 1.64. The molecule has 3 aromatic rings. The van der Waals surface area contributed by atoms with Crippen molar-refractivity contribution >= 4 is 60.8 Å². The largest absolute Gasteiger partial charge is 0.471 e. The summed E-state index contributed by atoms with van der Waals surface area (Å²) >= 11 is 0. The molecule has 0 bridgehead atoms. The number of carbonyl (C=O) groups excluding carboxylic acids is 8. The van der Waals surface area contributed by atoms with Crippen LogP contribution in [0.25, 0.3) is 22.5 Å². The van der Waals surface area contributed by atoms with Crippen LogP contribution in [0.2, 0.25) is 0 Å². The van der Waals surface area contributed by atoms with Gasteiger partial charge in [-0.15, -0.1) is 5.10 Å². The molecule has 5 aliphatic rings. The van der Waals surface area contributed by atoms with Crippen LogP contribution in [0.3, 0.4) is 0 Å². The van der Waals surface area contributed by atoms with Crippen LogP contribution in [0.15, 0.2) is 48.5 Å². The molecule has 44 nitrogen and oxygen atoms in total. The SMILES string of the molecule is COP(=O)(O)OCCCCCCCN1Cc2ccccc2-c2c(nnn2CCOCCOCC(=O)N2CCC(C(=O)NC(COCCC(=O)NCCCCCCOC3OC(CO)C(O)C(O)C3NC(C)=O)(COCCC(=O)NCCCCCCOC3OC(CO)C(O)C(O)C3NC(C)=O)COCCC(=O)NCCCCCCOC3OC(CO)C(O)C(O)C3NC(C)=O)CC2)-c2ccccc21. The number of hydrogen-bond donors (Lipinski definition) is 17. The maximum absolute atomic E-state index is 14.8. The Kier molecular flexibility index (Phi) is 51.0. The van der Waals surface area contributed by atoms with Gasteiger partial charge in [-0.3, -0.25) is 47.4 Å². The molecule has 0 radical (unpaired) electrons. The van der Waals surface area contributed by atoms with E-state index in [1.165, 1.54) is 20.8 Å². The minimum atomic E-state index is -4.00. The lowest BCUT2D eigenvalue weighted by molar-refractivity contribution is -0.270. The number of piperidine rings is 1. The molecule has 0 spiro atoms. The number of fused-ring (bicyclic) bond motifs is 5. The van der Waals surface area contributed by atoms with E-state index < -0.39 is 155 Å². The number of ether oxygens (including phenoxy) is 11. The van der Waals surface area contributed by atoms with Crippen molar-refractivity contribution in [2.75, 3.05) is 164 Å². The fourth-order valence-electron chi connectivity index (χ4n) is 16.4. The lowest BCUT2D eigenvalue weighted by Crippen LogP contribution is -2.64. The lowest BCUT2D eigenvalue weighted by Gasteiger charge is -2.42. The zero-order valence-electron chi connectivity index (χ0n) is 78.2. The number of aromatic nitrogens is 3. The van der Waals surface area contributed by atoms with Gasteiger partial charge in [0, 0.05) is 136 Å². The number of hydrogen-bond acceptors (Lipinski definition) is 34. The minimum Gasteiger partial charge on any atom is -0.394 e. The van der Waals surface area contributed by atoms with Crippen molar-refractivity contribution in [3.05, 3.63) is 54.1 Å². The fraction of sp³-hybridized carbons (Fsp3) is 0.756. The topological polar surface area (TPSA) is 597 Å². The van der Waals surface area contributed by atoms with Crippen LogP contribution in [0, 0.1) is 5.92 Å². The molecule has 0 aliphatic carbocycles. The Morgan fingerprint density at radius 2 is 0.896 bits per heavy atom. The summed E-state index contributed by atoms with van der Waals surface area (Å²) in [5.74, 6) is -3.72. The van der Waals surface area contributed by atoms with Gasteiger partial charge in [-0.1, -0.05) is 105 Å². The molecular weight excluding hydrogens is 1790 g/mol. The highest BCUT2D eigenvalue weighted by Gasteiger charge is 2.49. The number of anilines is 1. The highest BCUT2D eigenvalue weighted by atomic mass is 31.2. The van der Waals surface area contributed by atoms with Crippen LogP contribution in [-0.2, 0) is 117 Å². The van der Waals surface area contributed by atoms with E-state index in [0.717, 1.165) is 73.1 Å². The van der Waals surface area contributed by atoms with Gasteiger partial charge in [0.05, 0.1) is 98.1 Å². The second-order valence-electron chi connectivity index (χ2n) is 34.6. The Morgan fingerprint density at radius 3 is 1.35 bits per heavy atom. The highest BCUT2D eigenvalue weighted by molar-refractivity contribution is 7.47. The third-order valence-electron chi connectivity index (χ3n) is 23.9. The van der Waals surface area contributed by atoms with Gasteiger partial charge in [0.25, 0.3) is 0 Å². The maximum atomic E-state index is 14.8. The molecule has 4 saturated heterocycles. The van der Waals surface area contributed by atoms with Crippen molar-refractivity contribution in [1.29, 1.82) is 0 Å². The van der Waals surface area contributed by atoms with Gasteiger partial charge >= 0.3 is 7.82 Å². The first-order valence-electron chi connectivity index (χ1n) is 47.3. The third kappa shape index (κ3) is 38.2. The summed E-state index contributed by atoms with van der Waals surface area (Å²) in [7, 11) is -2.86. The van der Waals surface area contributed by atoms with E-state index in [4.69, 9.17) is 61.7 Å². The molecule has 764 valence electrons. The van der Waals surface area contributed by atoms with E-state index in [0.29, 0.717) is 116 Å². The molecule has 0 saturated carbocycles. The van der Waals surface area contributed by atoms with Crippen LogP contribution in [0.5, 0.6) is 0 Å². The Labute approximate surface area is 788 Å². The normalized spacial score (nSPS) is 23.9.